The molecule has 6 nitrogen and oxygen atoms in total. The summed E-state index contributed by atoms with van der Waals surface area (Å²) in [5.41, 5.74) is 4.17. The van der Waals surface area contributed by atoms with Crippen LogP contribution in [0.15, 0.2) is 48.5 Å². The average molecular weight is 478 g/mol. The third kappa shape index (κ3) is 3.87. The lowest BCUT2D eigenvalue weighted by atomic mass is 9.92. The van der Waals surface area contributed by atoms with Gasteiger partial charge in [0.1, 0.15) is 23.8 Å². The molecule has 5 rings (SSSR count). The number of H-pyrrole nitrogens is 1. The number of hydrogen-bond donors (Lipinski definition) is 2. The standard InChI is InChI=1S/C27H28ClN3O3/c1-16-5-4-6-20-24(32)13-23-26(25(16)20)18(14-28)15-31(23)27(33)22-12-17-11-19(7-8-21(17)29-22)34-10-9-30(2)3/h4-8,11-13,18,29,32H,9-10,14-15H2,1-3H3. The Hall–Kier alpha value is -3.22. The van der Waals surface area contributed by atoms with E-state index in [9.17, 15) is 9.90 Å². The van der Waals surface area contributed by atoms with Crippen LogP contribution in [0.25, 0.3) is 21.7 Å². The maximum Gasteiger partial charge on any atom is 0.274 e. The van der Waals surface area contributed by atoms with Crippen molar-refractivity contribution < 1.29 is 14.6 Å². The van der Waals surface area contributed by atoms with Crippen LogP contribution in [0, 0.1) is 6.92 Å². The van der Waals surface area contributed by atoms with Crippen LogP contribution in [-0.2, 0) is 0 Å². The Bertz CT molecular complexity index is 1400. The molecule has 7 heteroatoms. The quantitative estimate of drug-likeness (QED) is 0.372. The SMILES string of the molecule is Cc1cccc2c(O)cc3c(c12)C(CCl)CN3C(=O)c1cc2cc(OCCN(C)C)ccc2[nH]1. The number of alkyl halides is 1. The minimum absolute atomic E-state index is 0.00843. The highest BCUT2D eigenvalue weighted by Gasteiger charge is 2.35. The largest absolute Gasteiger partial charge is 0.507 e. The maximum absolute atomic E-state index is 13.6. The van der Waals surface area contributed by atoms with Gasteiger partial charge < -0.3 is 24.6 Å². The van der Waals surface area contributed by atoms with Crippen molar-refractivity contribution >= 4 is 44.9 Å². The summed E-state index contributed by atoms with van der Waals surface area (Å²) in [7, 11) is 4.01. The van der Waals surface area contributed by atoms with Gasteiger partial charge in [-0.1, -0.05) is 18.2 Å². The van der Waals surface area contributed by atoms with Gasteiger partial charge in [0.25, 0.3) is 5.91 Å². The second-order valence-electron chi connectivity index (χ2n) is 9.18. The molecular formula is C27H28ClN3O3. The van der Waals surface area contributed by atoms with Crippen molar-refractivity contribution in [1.82, 2.24) is 9.88 Å². The summed E-state index contributed by atoms with van der Waals surface area (Å²) < 4.78 is 5.84. The first kappa shape index (κ1) is 22.6. The van der Waals surface area contributed by atoms with E-state index >= 15 is 0 Å². The first-order chi connectivity index (χ1) is 16.4. The Morgan fingerprint density at radius 2 is 2.06 bits per heavy atom. The zero-order valence-corrected chi connectivity index (χ0v) is 20.3. The Morgan fingerprint density at radius 3 is 2.82 bits per heavy atom. The van der Waals surface area contributed by atoms with Crippen molar-refractivity contribution in [2.75, 3.05) is 44.6 Å². The lowest BCUT2D eigenvalue weighted by Gasteiger charge is -2.18. The summed E-state index contributed by atoms with van der Waals surface area (Å²) in [6, 6.07) is 15.2. The number of carbonyl (C=O) groups excluding carboxylic acids is 1. The number of ether oxygens (including phenoxy) is 1. The molecule has 0 saturated carbocycles. The number of aromatic hydroxyl groups is 1. The highest BCUT2D eigenvalue weighted by atomic mass is 35.5. The van der Waals surface area contributed by atoms with Crippen molar-refractivity contribution in [3.63, 3.8) is 0 Å². The third-order valence-corrected chi connectivity index (χ3v) is 6.90. The van der Waals surface area contributed by atoms with E-state index in [0.717, 1.165) is 50.8 Å². The van der Waals surface area contributed by atoms with Gasteiger partial charge in [-0.3, -0.25) is 4.79 Å². The second-order valence-corrected chi connectivity index (χ2v) is 9.49. The van der Waals surface area contributed by atoms with Crippen LogP contribution in [0.2, 0.25) is 0 Å². The fourth-order valence-corrected chi connectivity index (χ4v) is 5.08. The minimum Gasteiger partial charge on any atom is -0.507 e. The smallest absolute Gasteiger partial charge is 0.274 e. The molecule has 0 saturated heterocycles. The summed E-state index contributed by atoms with van der Waals surface area (Å²) in [6.07, 6.45) is 0. The number of carbonyl (C=O) groups is 1. The Kier molecular flexibility index (Phi) is 5.88. The van der Waals surface area contributed by atoms with Gasteiger partial charge in [-0.15, -0.1) is 11.6 Å². The van der Waals surface area contributed by atoms with Crippen LogP contribution >= 0.6 is 11.6 Å². The molecule has 1 unspecified atom stereocenters. The number of nitrogens with one attached hydrogen (secondary N) is 1. The summed E-state index contributed by atoms with van der Waals surface area (Å²) in [5, 5.41) is 13.4. The number of anilines is 1. The molecule has 1 aromatic heterocycles. The highest BCUT2D eigenvalue weighted by molar-refractivity contribution is 6.19. The summed E-state index contributed by atoms with van der Waals surface area (Å²) >= 11 is 6.36. The number of aryl methyl sites for hydroxylation is 1. The van der Waals surface area contributed by atoms with Gasteiger partial charge in [0.05, 0.1) is 5.69 Å². The van der Waals surface area contributed by atoms with Gasteiger partial charge in [0.2, 0.25) is 0 Å². The van der Waals surface area contributed by atoms with Crippen LogP contribution in [0.3, 0.4) is 0 Å². The van der Waals surface area contributed by atoms with Crippen LogP contribution < -0.4 is 9.64 Å². The average Bonchev–Trinajstić information content (AvgIpc) is 3.40. The van der Waals surface area contributed by atoms with Crippen LogP contribution in [-0.4, -0.2) is 60.6 Å². The number of phenolic OH excluding ortho intramolecular Hbond substituents is 1. The molecule has 0 aliphatic carbocycles. The summed E-state index contributed by atoms with van der Waals surface area (Å²) in [6.45, 7) is 3.91. The van der Waals surface area contributed by atoms with Gasteiger partial charge in [-0.25, -0.2) is 0 Å². The Morgan fingerprint density at radius 1 is 1.24 bits per heavy atom. The number of aromatic amines is 1. The molecule has 1 amide bonds. The molecule has 0 fully saturated rings. The number of likely N-dealkylation sites (N-methyl/N-ethyl adjacent to an activating group) is 1. The number of phenols is 1. The van der Waals surface area contributed by atoms with Crippen molar-refractivity contribution in [2.24, 2.45) is 0 Å². The predicted molar refractivity (Wildman–Crippen MR) is 138 cm³/mol. The molecule has 0 bridgehead atoms. The van der Waals surface area contributed by atoms with E-state index in [-0.39, 0.29) is 17.6 Å². The molecule has 1 aliphatic rings. The Labute approximate surface area is 203 Å². The first-order valence-corrected chi connectivity index (χ1v) is 11.9. The zero-order chi connectivity index (χ0) is 24.0. The van der Waals surface area contributed by atoms with Crippen LogP contribution in [0.5, 0.6) is 11.5 Å². The number of fused-ring (bicyclic) bond motifs is 4. The summed E-state index contributed by atoms with van der Waals surface area (Å²) in [5.74, 6) is 1.18. The number of hydrogen-bond acceptors (Lipinski definition) is 4. The van der Waals surface area contributed by atoms with E-state index in [4.69, 9.17) is 16.3 Å². The highest BCUT2D eigenvalue weighted by Crippen LogP contribution is 2.46. The lowest BCUT2D eigenvalue weighted by molar-refractivity contribution is 0.0984. The molecule has 176 valence electrons. The predicted octanol–water partition coefficient (Wildman–Crippen LogP) is 5.26. The number of halogens is 1. The monoisotopic (exact) mass is 477 g/mol. The van der Waals surface area contributed by atoms with E-state index in [2.05, 4.69) is 9.88 Å². The van der Waals surface area contributed by atoms with Crippen LogP contribution in [0.1, 0.15) is 27.5 Å². The number of amides is 1. The van der Waals surface area contributed by atoms with Crippen molar-refractivity contribution in [2.45, 2.75) is 12.8 Å². The summed E-state index contributed by atoms with van der Waals surface area (Å²) in [4.78, 5) is 20.7. The Balaban J connectivity index is 1.50. The molecule has 4 aromatic rings. The maximum atomic E-state index is 13.6. The van der Waals surface area contributed by atoms with Crippen molar-refractivity contribution in [3.8, 4) is 11.5 Å². The topological polar surface area (TPSA) is 68.8 Å². The molecule has 3 aromatic carbocycles. The van der Waals surface area contributed by atoms with Gasteiger partial charge in [0.15, 0.2) is 0 Å². The molecule has 1 atom stereocenters. The fraction of sp³-hybridized carbons (Fsp3) is 0.296. The molecule has 2 N–H and O–H groups in total. The lowest BCUT2D eigenvalue weighted by Crippen LogP contribution is -2.30. The van der Waals surface area contributed by atoms with E-state index in [1.807, 2.05) is 63.5 Å². The second kappa shape index (κ2) is 8.85. The fourth-order valence-electron chi connectivity index (χ4n) is 4.82. The third-order valence-electron chi connectivity index (χ3n) is 6.53. The molecule has 2 heterocycles. The first-order valence-electron chi connectivity index (χ1n) is 11.4. The van der Waals surface area contributed by atoms with Crippen molar-refractivity contribution in [1.29, 1.82) is 0 Å². The molecule has 0 spiro atoms. The van der Waals surface area contributed by atoms with Gasteiger partial charge in [-0.05, 0) is 61.8 Å². The normalized spacial score (nSPS) is 15.4. The van der Waals surface area contributed by atoms with E-state index in [0.29, 0.717) is 24.7 Å². The number of aromatic nitrogens is 1. The van der Waals surface area contributed by atoms with Gasteiger partial charge in [0, 0.05) is 47.2 Å². The molecule has 1 aliphatic heterocycles. The zero-order valence-electron chi connectivity index (χ0n) is 19.6. The minimum atomic E-state index is -0.146. The molecular weight excluding hydrogens is 450 g/mol. The van der Waals surface area contributed by atoms with Crippen molar-refractivity contribution in [3.05, 3.63) is 65.4 Å². The van der Waals surface area contributed by atoms with E-state index in [1.165, 1.54) is 0 Å². The van der Waals surface area contributed by atoms with Gasteiger partial charge >= 0.3 is 0 Å². The number of benzene rings is 3. The number of nitrogens with zero attached hydrogens (tertiary/aromatic N) is 2. The molecule has 0 radical (unpaired) electrons. The van der Waals surface area contributed by atoms with Crippen LogP contribution in [0.4, 0.5) is 5.69 Å². The van der Waals surface area contributed by atoms with E-state index < -0.39 is 0 Å². The number of rotatable bonds is 6. The van der Waals surface area contributed by atoms with E-state index in [1.54, 1.807) is 11.0 Å². The molecule has 34 heavy (non-hydrogen) atoms. The van der Waals surface area contributed by atoms with Gasteiger partial charge in [-0.2, -0.15) is 0 Å².